The molecule has 0 bridgehead atoms. The molecule has 1 fully saturated rings. The zero-order valence-corrected chi connectivity index (χ0v) is 14.7. The van der Waals surface area contributed by atoms with Crippen molar-refractivity contribution >= 4 is 17.7 Å². The predicted octanol–water partition coefficient (Wildman–Crippen LogP) is 4.04. The van der Waals surface area contributed by atoms with Crippen molar-refractivity contribution in [3.8, 4) is 0 Å². The summed E-state index contributed by atoms with van der Waals surface area (Å²) in [5.74, 6) is 0. The van der Waals surface area contributed by atoms with Crippen LogP contribution in [0, 0.1) is 0 Å². The zero-order chi connectivity index (χ0) is 16.9. The maximum atomic E-state index is 11.3. The molecular formula is C18H26ClNO3. The minimum atomic E-state index is -0.834. The first-order valence-electron chi connectivity index (χ1n) is 8.26. The van der Waals surface area contributed by atoms with Crippen LogP contribution in [0.4, 0.5) is 4.79 Å². The number of hydrogen-bond acceptors (Lipinski definition) is 3. The van der Waals surface area contributed by atoms with Crippen LogP contribution in [-0.4, -0.2) is 30.0 Å². The molecule has 1 aliphatic rings. The summed E-state index contributed by atoms with van der Waals surface area (Å²) < 4.78 is 4.83. The Morgan fingerprint density at radius 3 is 2.57 bits per heavy atom. The van der Waals surface area contributed by atoms with Crippen molar-refractivity contribution in [1.82, 2.24) is 5.32 Å². The minimum absolute atomic E-state index is 0.0258. The van der Waals surface area contributed by atoms with E-state index in [0.29, 0.717) is 26.0 Å². The molecule has 0 aromatic heterocycles. The van der Waals surface area contributed by atoms with Gasteiger partial charge in [0.15, 0.2) is 0 Å². The van der Waals surface area contributed by atoms with Crippen molar-refractivity contribution in [3.63, 3.8) is 0 Å². The third-order valence-electron chi connectivity index (χ3n) is 4.69. The summed E-state index contributed by atoms with van der Waals surface area (Å²) in [6, 6.07) is 7.95. The van der Waals surface area contributed by atoms with Crippen LogP contribution in [0.2, 0.25) is 5.02 Å². The van der Waals surface area contributed by atoms with Gasteiger partial charge in [0.2, 0.25) is 0 Å². The first kappa shape index (κ1) is 18.1. The van der Waals surface area contributed by atoms with Gasteiger partial charge in [0, 0.05) is 11.6 Å². The summed E-state index contributed by atoms with van der Waals surface area (Å²) in [6.07, 6.45) is 4.10. The number of ether oxygens (including phenoxy) is 1. The van der Waals surface area contributed by atoms with Gasteiger partial charge in [-0.25, -0.2) is 4.79 Å². The number of halogens is 1. The Balaban J connectivity index is 1.94. The van der Waals surface area contributed by atoms with E-state index < -0.39 is 11.7 Å². The van der Waals surface area contributed by atoms with Crippen LogP contribution in [0.15, 0.2) is 24.3 Å². The van der Waals surface area contributed by atoms with E-state index >= 15 is 0 Å². The fourth-order valence-corrected chi connectivity index (χ4v) is 3.53. The van der Waals surface area contributed by atoms with Crippen LogP contribution in [0.25, 0.3) is 0 Å². The van der Waals surface area contributed by atoms with Crippen LogP contribution in [0.3, 0.4) is 0 Å². The van der Waals surface area contributed by atoms with Crippen molar-refractivity contribution in [2.45, 2.75) is 57.0 Å². The number of hydrogen-bond donors (Lipinski definition) is 2. The second kappa shape index (κ2) is 7.54. The van der Waals surface area contributed by atoms with Gasteiger partial charge in [0.1, 0.15) is 0 Å². The topological polar surface area (TPSA) is 58.6 Å². The molecule has 0 aliphatic heterocycles. The highest BCUT2D eigenvalue weighted by atomic mass is 35.5. The Morgan fingerprint density at radius 2 is 2.04 bits per heavy atom. The molecule has 23 heavy (non-hydrogen) atoms. The van der Waals surface area contributed by atoms with E-state index in [2.05, 4.69) is 17.4 Å². The Bertz CT molecular complexity index is 524. The van der Waals surface area contributed by atoms with E-state index in [1.807, 2.05) is 19.1 Å². The highest BCUT2D eigenvalue weighted by Gasteiger charge is 2.43. The summed E-state index contributed by atoms with van der Waals surface area (Å²) in [4.78, 5) is 11.3. The van der Waals surface area contributed by atoms with Gasteiger partial charge in [0.25, 0.3) is 0 Å². The third kappa shape index (κ3) is 4.85. The molecule has 1 aromatic carbocycles. The fraction of sp³-hybridized carbons (Fsp3) is 0.611. The second-order valence-electron chi connectivity index (χ2n) is 6.71. The van der Waals surface area contributed by atoms with Crippen LogP contribution in [0.5, 0.6) is 0 Å². The Hall–Kier alpha value is -1.26. The van der Waals surface area contributed by atoms with Gasteiger partial charge in [-0.05, 0) is 62.6 Å². The van der Waals surface area contributed by atoms with Crippen molar-refractivity contribution < 1.29 is 14.6 Å². The zero-order valence-electron chi connectivity index (χ0n) is 13.9. The van der Waals surface area contributed by atoms with Gasteiger partial charge in [-0.3, -0.25) is 0 Å². The van der Waals surface area contributed by atoms with E-state index in [4.69, 9.17) is 16.3 Å². The number of benzene rings is 1. The molecule has 0 spiro atoms. The lowest BCUT2D eigenvalue weighted by atomic mass is 9.59. The van der Waals surface area contributed by atoms with Gasteiger partial charge in [0.05, 0.1) is 12.2 Å². The van der Waals surface area contributed by atoms with E-state index in [1.54, 1.807) is 6.92 Å². The number of rotatable bonds is 7. The highest BCUT2D eigenvalue weighted by molar-refractivity contribution is 6.30. The number of alkyl carbamates (subject to hydrolysis) is 1. The van der Waals surface area contributed by atoms with Crippen LogP contribution >= 0.6 is 11.6 Å². The predicted molar refractivity (Wildman–Crippen MR) is 91.9 cm³/mol. The number of carbonyl (C=O) groups excluding carboxylic acids is 1. The van der Waals surface area contributed by atoms with Gasteiger partial charge >= 0.3 is 6.09 Å². The van der Waals surface area contributed by atoms with Gasteiger partial charge in [-0.1, -0.05) is 30.2 Å². The first-order valence-corrected chi connectivity index (χ1v) is 8.64. The van der Waals surface area contributed by atoms with E-state index in [1.165, 1.54) is 12.0 Å². The van der Waals surface area contributed by atoms with Crippen molar-refractivity contribution in [2.75, 3.05) is 13.2 Å². The lowest BCUT2D eigenvalue weighted by Crippen LogP contribution is -2.44. The molecule has 1 saturated carbocycles. The fourth-order valence-electron chi connectivity index (χ4n) is 3.41. The standard InChI is InChI=1S/C18H26ClNO3/c1-3-23-16(21)20-12-11-17(2,22)13-18(9-4-10-18)14-5-7-15(19)8-6-14/h5-8,22H,3-4,9-13H2,1-2H3,(H,20,21)/t17-/m0/s1. The number of amides is 1. The molecule has 128 valence electrons. The molecule has 1 atom stereocenters. The lowest BCUT2D eigenvalue weighted by Gasteiger charge is -2.46. The van der Waals surface area contributed by atoms with E-state index in [9.17, 15) is 9.90 Å². The number of carbonyl (C=O) groups is 1. The third-order valence-corrected chi connectivity index (χ3v) is 4.95. The van der Waals surface area contributed by atoms with Crippen molar-refractivity contribution in [2.24, 2.45) is 0 Å². The van der Waals surface area contributed by atoms with Crippen molar-refractivity contribution in [1.29, 1.82) is 0 Å². The number of nitrogens with one attached hydrogen (secondary N) is 1. The van der Waals surface area contributed by atoms with E-state index in [0.717, 1.165) is 17.9 Å². The van der Waals surface area contributed by atoms with Crippen LogP contribution in [-0.2, 0) is 10.2 Å². The summed E-state index contributed by atoms with van der Waals surface area (Å²) in [5.41, 5.74) is 0.434. The summed E-state index contributed by atoms with van der Waals surface area (Å²) in [6.45, 7) is 4.36. The SMILES string of the molecule is CCOC(=O)NCC[C@](C)(O)CC1(c2ccc(Cl)cc2)CCC1. The van der Waals surface area contributed by atoms with E-state index in [-0.39, 0.29) is 5.41 Å². The maximum absolute atomic E-state index is 11.3. The number of aliphatic hydroxyl groups is 1. The molecule has 4 nitrogen and oxygen atoms in total. The minimum Gasteiger partial charge on any atom is -0.450 e. The molecule has 0 heterocycles. The van der Waals surface area contributed by atoms with Crippen LogP contribution < -0.4 is 5.32 Å². The highest BCUT2D eigenvalue weighted by Crippen LogP contribution is 2.49. The molecule has 0 saturated heterocycles. The van der Waals surface area contributed by atoms with Gasteiger partial charge in [-0.15, -0.1) is 0 Å². The second-order valence-corrected chi connectivity index (χ2v) is 7.15. The van der Waals surface area contributed by atoms with Crippen molar-refractivity contribution in [3.05, 3.63) is 34.9 Å². The summed E-state index contributed by atoms with van der Waals surface area (Å²) in [7, 11) is 0. The molecule has 2 rings (SSSR count). The maximum Gasteiger partial charge on any atom is 0.407 e. The molecule has 0 unspecified atom stereocenters. The Labute approximate surface area is 143 Å². The molecule has 1 aliphatic carbocycles. The Morgan fingerprint density at radius 1 is 1.39 bits per heavy atom. The monoisotopic (exact) mass is 339 g/mol. The molecular weight excluding hydrogens is 314 g/mol. The lowest BCUT2D eigenvalue weighted by molar-refractivity contribution is -0.0000173. The summed E-state index contributed by atoms with van der Waals surface area (Å²) in [5, 5.41) is 14.2. The average molecular weight is 340 g/mol. The van der Waals surface area contributed by atoms with Gasteiger partial charge in [-0.2, -0.15) is 0 Å². The van der Waals surface area contributed by atoms with Crippen LogP contribution in [0.1, 0.15) is 51.5 Å². The summed E-state index contributed by atoms with van der Waals surface area (Å²) >= 11 is 5.98. The normalized spacial score (nSPS) is 18.6. The molecule has 2 N–H and O–H groups in total. The average Bonchev–Trinajstić information content (AvgIpc) is 2.44. The van der Waals surface area contributed by atoms with Gasteiger partial charge < -0.3 is 15.2 Å². The smallest absolute Gasteiger partial charge is 0.407 e. The largest absolute Gasteiger partial charge is 0.450 e. The molecule has 0 radical (unpaired) electrons. The quantitative estimate of drug-likeness (QED) is 0.788. The molecule has 1 aromatic rings. The molecule has 5 heteroatoms. The first-order chi connectivity index (χ1) is 10.9. The molecule has 1 amide bonds. The Kier molecular flexibility index (Phi) is 5.93.